The van der Waals surface area contributed by atoms with Gasteiger partial charge in [0.25, 0.3) is 0 Å². The predicted octanol–water partition coefficient (Wildman–Crippen LogP) is 2.13. The molecule has 0 spiro atoms. The van der Waals surface area contributed by atoms with Gasteiger partial charge in [-0.2, -0.15) is 5.26 Å². The standard InChI is InChI=1S/C11H14N2/c1-9-4-5-10(6-7-12)11(8-9)13(2)3/h4-5,8H,6H2,1-3H3. The summed E-state index contributed by atoms with van der Waals surface area (Å²) in [5.41, 5.74) is 3.46. The smallest absolute Gasteiger partial charge is 0.0670 e. The monoisotopic (exact) mass is 174 g/mol. The quantitative estimate of drug-likeness (QED) is 0.686. The van der Waals surface area contributed by atoms with Crippen LogP contribution in [-0.2, 0) is 6.42 Å². The van der Waals surface area contributed by atoms with Crippen LogP contribution in [0.3, 0.4) is 0 Å². The van der Waals surface area contributed by atoms with E-state index in [0.29, 0.717) is 6.42 Å². The second-order valence-electron chi connectivity index (χ2n) is 3.36. The summed E-state index contributed by atoms with van der Waals surface area (Å²) >= 11 is 0. The van der Waals surface area contributed by atoms with E-state index in [9.17, 15) is 0 Å². The molecule has 0 bridgehead atoms. The fourth-order valence-corrected chi connectivity index (χ4v) is 1.32. The van der Waals surface area contributed by atoms with E-state index in [1.807, 2.05) is 31.1 Å². The molecule has 0 amide bonds. The molecule has 2 heteroatoms. The van der Waals surface area contributed by atoms with Gasteiger partial charge in [-0.15, -0.1) is 0 Å². The minimum atomic E-state index is 0.480. The third-order valence-corrected chi connectivity index (χ3v) is 1.99. The first-order valence-corrected chi connectivity index (χ1v) is 4.29. The molecule has 0 saturated heterocycles. The number of hydrogen-bond acceptors (Lipinski definition) is 2. The van der Waals surface area contributed by atoms with Crippen molar-refractivity contribution in [3.8, 4) is 6.07 Å². The van der Waals surface area contributed by atoms with Crippen LogP contribution in [0, 0.1) is 18.3 Å². The van der Waals surface area contributed by atoms with E-state index in [1.165, 1.54) is 5.56 Å². The van der Waals surface area contributed by atoms with Crippen molar-refractivity contribution in [2.45, 2.75) is 13.3 Å². The summed E-state index contributed by atoms with van der Waals surface area (Å²) in [7, 11) is 3.99. The van der Waals surface area contributed by atoms with E-state index >= 15 is 0 Å². The van der Waals surface area contributed by atoms with Crippen molar-refractivity contribution in [3.63, 3.8) is 0 Å². The van der Waals surface area contributed by atoms with Crippen molar-refractivity contribution in [1.82, 2.24) is 0 Å². The highest BCUT2D eigenvalue weighted by molar-refractivity contribution is 5.55. The summed E-state index contributed by atoms with van der Waals surface area (Å²) in [5, 5.41) is 8.63. The van der Waals surface area contributed by atoms with Crippen molar-refractivity contribution in [3.05, 3.63) is 29.3 Å². The highest BCUT2D eigenvalue weighted by Gasteiger charge is 2.03. The van der Waals surface area contributed by atoms with Gasteiger partial charge in [0, 0.05) is 19.8 Å². The van der Waals surface area contributed by atoms with Crippen LogP contribution in [0.25, 0.3) is 0 Å². The Morgan fingerprint density at radius 3 is 2.62 bits per heavy atom. The molecular weight excluding hydrogens is 160 g/mol. The normalized spacial score (nSPS) is 9.38. The molecule has 0 atom stereocenters. The minimum absolute atomic E-state index is 0.480. The molecule has 1 aromatic rings. The average Bonchev–Trinajstić information content (AvgIpc) is 2.08. The fourth-order valence-electron chi connectivity index (χ4n) is 1.32. The van der Waals surface area contributed by atoms with Crippen molar-refractivity contribution in [2.24, 2.45) is 0 Å². The van der Waals surface area contributed by atoms with Crippen LogP contribution in [0.2, 0.25) is 0 Å². The molecule has 0 aromatic heterocycles. The van der Waals surface area contributed by atoms with Crippen molar-refractivity contribution in [1.29, 1.82) is 5.26 Å². The number of nitriles is 1. The van der Waals surface area contributed by atoms with Gasteiger partial charge >= 0.3 is 0 Å². The summed E-state index contributed by atoms with van der Waals surface area (Å²) in [6, 6.07) is 8.34. The fraction of sp³-hybridized carbons (Fsp3) is 0.364. The van der Waals surface area contributed by atoms with Crippen LogP contribution in [0.1, 0.15) is 11.1 Å². The Kier molecular flexibility index (Phi) is 2.92. The number of anilines is 1. The zero-order valence-electron chi connectivity index (χ0n) is 8.33. The Morgan fingerprint density at radius 2 is 2.08 bits per heavy atom. The van der Waals surface area contributed by atoms with Crippen LogP contribution in [0.5, 0.6) is 0 Å². The van der Waals surface area contributed by atoms with Gasteiger partial charge < -0.3 is 4.90 Å². The number of aryl methyl sites for hydroxylation is 1. The third-order valence-electron chi connectivity index (χ3n) is 1.99. The Hall–Kier alpha value is -1.49. The summed E-state index contributed by atoms with van der Waals surface area (Å²) < 4.78 is 0. The molecule has 1 aromatic carbocycles. The average molecular weight is 174 g/mol. The van der Waals surface area contributed by atoms with E-state index in [0.717, 1.165) is 11.3 Å². The molecule has 1 rings (SSSR count). The van der Waals surface area contributed by atoms with Crippen LogP contribution >= 0.6 is 0 Å². The molecule has 0 N–H and O–H groups in total. The van der Waals surface area contributed by atoms with E-state index in [4.69, 9.17) is 5.26 Å². The molecule has 0 aliphatic carbocycles. The molecule has 0 saturated carbocycles. The first-order chi connectivity index (χ1) is 6.15. The highest BCUT2D eigenvalue weighted by atomic mass is 15.1. The molecule has 0 unspecified atom stereocenters. The van der Waals surface area contributed by atoms with Gasteiger partial charge in [0.2, 0.25) is 0 Å². The van der Waals surface area contributed by atoms with Crippen LogP contribution in [-0.4, -0.2) is 14.1 Å². The van der Waals surface area contributed by atoms with Gasteiger partial charge in [-0.1, -0.05) is 12.1 Å². The second-order valence-corrected chi connectivity index (χ2v) is 3.36. The van der Waals surface area contributed by atoms with Crippen molar-refractivity contribution in [2.75, 3.05) is 19.0 Å². The highest BCUT2D eigenvalue weighted by Crippen LogP contribution is 2.20. The minimum Gasteiger partial charge on any atom is -0.377 e. The summed E-state index contributed by atoms with van der Waals surface area (Å²) in [4.78, 5) is 2.04. The lowest BCUT2D eigenvalue weighted by atomic mass is 10.1. The molecular formula is C11H14N2. The van der Waals surface area contributed by atoms with Crippen LogP contribution < -0.4 is 4.90 Å². The SMILES string of the molecule is Cc1ccc(CC#N)c(N(C)C)c1. The van der Waals surface area contributed by atoms with Crippen LogP contribution in [0.15, 0.2) is 18.2 Å². The van der Waals surface area contributed by atoms with E-state index < -0.39 is 0 Å². The van der Waals surface area contributed by atoms with Gasteiger partial charge in [-0.05, 0) is 24.1 Å². The predicted molar refractivity (Wildman–Crippen MR) is 54.8 cm³/mol. The topological polar surface area (TPSA) is 27.0 Å². The molecule has 68 valence electrons. The van der Waals surface area contributed by atoms with Gasteiger partial charge in [0.05, 0.1) is 12.5 Å². The van der Waals surface area contributed by atoms with Gasteiger partial charge in [-0.25, -0.2) is 0 Å². The first-order valence-electron chi connectivity index (χ1n) is 4.29. The Bertz CT molecular complexity index is 334. The maximum absolute atomic E-state index is 8.63. The van der Waals surface area contributed by atoms with Gasteiger partial charge in [-0.3, -0.25) is 0 Å². The largest absolute Gasteiger partial charge is 0.377 e. The Labute approximate surface area is 79.4 Å². The summed E-state index contributed by atoms with van der Waals surface area (Å²) in [6.07, 6.45) is 0.480. The number of hydrogen-bond donors (Lipinski definition) is 0. The molecule has 0 radical (unpaired) electrons. The van der Waals surface area contributed by atoms with E-state index in [1.54, 1.807) is 0 Å². The molecule has 2 nitrogen and oxygen atoms in total. The first kappa shape index (κ1) is 9.60. The Morgan fingerprint density at radius 1 is 1.38 bits per heavy atom. The number of benzene rings is 1. The van der Waals surface area contributed by atoms with E-state index in [2.05, 4.69) is 19.1 Å². The molecule has 0 aliphatic heterocycles. The number of nitrogens with zero attached hydrogens (tertiary/aromatic N) is 2. The molecule has 0 aliphatic rings. The maximum Gasteiger partial charge on any atom is 0.0670 e. The lowest BCUT2D eigenvalue weighted by Gasteiger charge is -2.16. The summed E-state index contributed by atoms with van der Waals surface area (Å²) in [5.74, 6) is 0. The van der Waals surface area contributed by atoms with Crippen LogP contribution in [0.4, 0.5) is 5.69 Å². The lowest BCUT2D eigenvalue weighted by Crippen LogP contribution is -2.11. The lowest BCUT2D eigenvalue weighted by molar-refractivity contribution is 1.09. The van der Waals surface area contributed by atoms with Gasteiger partial charge in [0.15, 0.2) is 0 Å². The Balaban J connectivity index is 3.12. The van der Waals surface area contributed by atoms with Crippen molar-refractivity contribution < 1.29 is 0 Å². The molecule has 13 heavy (non-hydrogen) atoms. The molecule has 0 fully saturated rings. The van der Waals surface area contributed by atoms with E-state index in [-0.39, 0.29) is 0 Å². The third kappa shape index (κ3) is 2.22. The molecule has 0 heterocycles. The summed E-state index contributed by atoms with van der Waals surface area (Å²) in [6.45, 7) is 2.06. The zero-order chi connectivity index (χ0) is 9.84. The van der Waals surface area contributed by atoms with Gasteiger partial charge in [0.1, 0.15) is 0 Å². The van der Waals surface area contributed by atoms with Crippen molar-refractivity contribution >= 4 is 5.69 Å². The zero-order valence-corrected chi connectivity index (χ0v) is 8.33. The second kappa shape index (κ2) is 3.95. The number of rotatable bonds is 2. The maximum atomic E-state index is 8.63.